The van der Waals surface area contributed by atoms with Gasteiger partial charge in [0.15, 0.2) is 0 Å². The van der Waals surface area contributed by atoms with E-state index in [0.717, 1.165) is 5.75 Å². The molecule has 1 aliphatic heterocycles. The zero-order valence-corrected chi connectivity index (χ0v) is 13.3. The van der Waals surface area contributed by atoms with Crippen LogP contribution in [0, 0.1) is 12.3 Å². The maximum atomic E-state index is 12.2. The molecular weight excluding hydrogens is 274 g/mol. The first-order chi connectivity index (χ1) is 9.35. The Morgan fingerprint density at radius 3 is 2.75 bits per heavy atom. The van der Waals surface area contributed by atoms with E-state index < -0.39 is 11.6 Å². The second-order valence-electron chi connectivity index (χ2n) is 5.77. The van der Waals surface area contributed by atoms with Gasteiger partial charge in [-0.3, -0.25) is 4.79 Å². The van der Waals surface area contributed by atoms with Crippen molar-refractivity contribution in [1.82, 2.24) is 4.90 Å². The Labute approximate surface area is 125 Å². The van der Waals surface area contributed by atoms with Gasteiger partial charge in [-0.25, -0.2) is 4.79 Å². The lowest BCUT2D eigenvalue weighted by molar-refractivity contribution is -0.163. The number of unbranched alkanes of at least 4 members (excludes halogenated alkanes) is 1. The van der Waals surface area contributed by atoms with Gasteiger partial charge in [-0.2, -0.15) is 11.8 Å². The summed E-state index contributed by atoms with van der Waals surface area (Å²) < 4.78 is 5.40. The largest absolute Gasteiger partial charge is 0.458 e. The highest BCUT2D eigenvalue weighted by Crippen LogP contribution is 2.21. The zero-order valence-electron chi connectivity index (χ0n) is 12.5. The minimum absolute atomic E-state index is 0.00332. The zero-order chi connectivity index (χ0) is 15.2. The molecule has 0 aliphatic carbocycles. The second kappa shape index (κ2) is 7.58. The Balaban J connectivity index is 2.64. The van der Waals surface area contributed by atoms with Crippen molar-refractivity contribution in [3.05, 3.63) is 0 Å². The normalized spacial score (nSPS) is 19.3. The number of ether oxygens (including phenoxy) is 1. The van der Waals surface area contributed by atoms with E-state index in [9.17, 15) is 9.59 Å². The number of amides is 1. The smallest absolute Gasteiger partial charge is 0.330 e. The van der Waals surface area contributed by atoms with Crippen LogP contribution in [0.4, 0.5) is 0 Å². The van der Waals surface area contributed by atoms with Gasteiger partial charge in [0.05, 0.1) is 0 Å². The summed E-state index contributed by atoms with van der Waals surface area (Å²) in [5.41, 5.74) is -0.530. The Bertz CT molecular complexity index is 395. The summed E-state index contributed by atoms with van der Waals surface area (Å²) in [5, 5.41) is 0. The quantitative estimate of drug-likeness (QED) is 0.453. The number of terminal acetylenes is 1. The monoisotopic (exact) mass is 297 g/mol. The number of nitrogens with zero attached hydrogens (tertiary/aromatic N) is 1. The highest BCUT2D eigenvalue weighted by atomic mass is 32.2. The van der Waals surface area contributed by atoms with Crippen molar-refractivity contribution >= 4 is 23.6 Å². The summed E-state index contributed by atoms with van der Waals surface area (Å²) in [6, 6.07) is -0.466. The van der Waals surface area contributed by atoms with E-state index in [1.807, 2.05) is 20.8 Å². The van der Waals surface area contributed by atoms with Gasteiger partial charge in [-0.05, 0) is 27.2 Å². The summed E-state index contributed by atoms with van der Waals surface area (Å²) in [6.07, 6.45) is 6.84. The van der Waals surface area contributed by atoms with Gasteiger partial charge in [-0.1, -0.05) is 0 Å². The minimum Gasteiger partial charge on any atom is -0.458 e. The second-order valence-corrected chi connectivity index (χ2v) is 6.92. The third kappa shape index (κ3) is 5.46. The van der Waals surface area contributed by atoms with Crippen LogP contribution in [0.15, 0.2) is 0 Å². The van der Waals surface area contributed by atoms with Gasteiger partial charge < -0.3 is 9.64 Å². The van der Waals surface area contributed by atoms with Crippen LogP contribution in [0.1, 0.15) is 40.0 Å². The average Bonchev–Trinajstić information content (AvgIpc) is 2.37. The molecule has 0 saturated carbocycles. The molecule has 1 saturated heterocycles. The molecule has 1 unspecified atom stereocenters. The predicted octanol–water partition coefficient (Wildman–Crippen LogP) is 2.08. The Kier molecular flexibility index (Phi) is 6.41. The lowest BCUT2D eigenvalue weighted by Crippen LogP contribution is -2.52. The van der Waals surface area contributed by atoms with Crippen LogP contribution in [0.25, 0.3) is 0 Å². The van der Waals surface area contributed by atoms with E-state index in [2.05, 4.69) is 5.92 Å². The lowest BCUT2D eigenvalue weighted by atomic mass is 10.1. The van der Waals surface area contributed by atoms with E-state index >= 15 is 0 Å². The lowest BCUT2D eigenvalue weighted by Gasteiger charge is -2.35. The van der Waals surface area contributed by atoms with Crippen molar-refractivity contribution in [2.24, 2.45) is 0 Å². The molecule has 5 heteroatoms. The van der Waals surface area contributed by atoms with Crippen LogP contribution >= 0.6 is 11.8 Å². The molecule has 4 nitrogen and oxygen atoms in total. The van der Waals surface area contributed by atoms with Crippen molar-refractivity contribution in [1.29, 1.82) is 0 Å². The molecule has 0 aromatic heterocycles. The molecule has 1 heterocycles. The Morgan fingerprint density at radius 2 is 2.15 bits per heavy atom. The highest BCUT2D eigenvalue weighted by Gasteiger charge is 2.35. The van der Waals surface area contributed by atoms with Gasteiger partial charge in [0, 0.05) is 30.9 Å². The number of carbonyl (C=O) groups is 2. The molecule has 1 amide bonds. The molecule has 0 radical (unpaired) electrons. The molecule has 0 aromatic carbocycles. The van der Waals surface area contributed by atoms with Crippen LogP contribution in [0.2, 0.25) is 0 Å². The van der Waals surface area contributed by atoms with E-state index in [-0.39, 0.29) is 11.9 Å². The maximum Gasteiger partial charge on any atom is 0.330 e. The summed E-state index contributed by atoms with van der Waals surface area (Å²) in [4.78, 5) is 26.0. The Morgan fingerprint density at radius 1 is 1.45 bits per heavy atom. The van der Waals surface area contributed by atoms with Crippen LogP contribution in [0.3, 0.4) is 0 Å². The van der Waals surface area contributed by atoms with Crippen LogP contribution < -0.4 is 0 Å². The number of carbonyl (C=O) groups excluding carboxylic acids is 2. The predicted molar refractivity (Wildman–Crippen MR) is 81.4 cm³/mol. The molecule has 1 aliphatic rings. The molecule has 0 N–H and O–H groups in total. The first-order valence-electron chi connectivity index (χ1n) is 6.88. The molecule has 1 atom stereocenters. The van der Waals surface area contributed by atoms with Gasteiger partial charge in [0.25, 0.3) is 0 Å². The summed E-state index contributed by atoms with van der Waals surface area (Å²) in [7, 11) is 0. The van der Waals surface area contributed by atoms with Crippen LogP contribution in [-0.2, 0) is 14.3 Å². The first kappa shape index (κ1) is 16.9. The van der Waals surface area contributed by atoms with Gasteiger partial charge >= 0.3 is 5.97 Å². The van der Waals surface area contributed by atoms with Gasteiger partial charge in [0.2, 0.25) is 5.91 Å². The van der Waals surface area contributed by atoms with Crippen molar-refractivity contribution in [3.63, 3.8) is 0 Å². The number of rotatable bonds is 4. The topological polar surface area (TPSA) is 46.6 Å². The van der Waals surface area contributed by atoms with Crippen LogP contribution in [0.5, 0.6) is 0 Å². The molecule has 1 rings (SSSR count). The standard InChI is InChI=1S/C15H23NO3S/c1-5-6-7-8-13(17)16-9-10-20-11-12(16)14(18)19-15(2,3)4/h1,12H,6-11H2,2-4H3. The summed E-state index contributed by atoms with van der Waals surface area (Å²) >= 11 is 1.68. The van der Waals surface area contributed by atoms with E-state index in [1.54, 1.807) is 16.7 Å². The molecule has 0 spiro atoms. The molecule has 0 bridgehead atoms. The number of hydrogen-bond acceptors (Lipinski definition) is 4. The van der Waals surface area contributed by atoms with Crippen molar-refractivity contribution in [2.45, 2.75) is 51.7 Å². The van der Waals surface area contributed by atoms with Crippen LogP contribution in [-0.4, -0.2) is 46.5 Å². The molecule has 20 heavy (non-hydrogen) atoms. The Hall–Kier alpha value is -1.15. The fourth-order valence-corrected chi connectivity index (χ4v) is 2.98. The molecule has 1 fully saturated rings. The highest BCUT2D eigenvalue weighted by molar-refractivity contribution is 7.99. The molecular formula is C15H23NO3S. The minimum atomic E-state index is -0.530. The van der Waals surface area contributed by atoms with E-state index in [0.29, 0.717) is 31.6 Å². The summed E-state index contributed by atoms with van der Waals surface area (Å²) in [6.45, 7) is 6.10. The molecule has 0 aromatic rings. The number of esters is 1. The van der Waals surface area contributed by atoms with Crippen molar-refractivity contribution in [3.8, 4) is 12.3 Å². The number of thioether (sulfide) groups is 1. The van der Waals surface area contributed by atoms with E-state index in [4.69, 9.17) is 11.2 Å². The third-order valence-electron chi connectivity index (χ3n) is 2.84. The van der Waals surface area contributed by atoms with Crippen molar-refractivity contribution < 1.29 is 14.3 Å². The SMILES string of the molecule is C#CCCCC(=O)N1CCSCC1C(=O)OC(C)(C)C. The maximum absolute atomic E-state index is 12.2. The summed E-state index contributed by atoms with van der Waals surface area (Å²) in [5.74, 6) is 3.68. The van der Waals surface area contributed by atoms with Gasteiger partial charge in [-0.15, -0.1) is 12.3 Å². The average molecular weight is 297 g/mol. The fourth-order valence-electron chi connectivity index (χ4n) is 1.95. The van der Waals surface area contributed by atoms with Gasteiger partial charge in [0.1, 0.15) is 11.6 Å². The van der Waals surface area contributed by atoms with E-state index in [1.165, 1.54) is 0 Å². The fraction of sp³-hybridized carbons (Fsp3) is 0.733. The third-order valence-corrected chi connectivity index (χ3v) is 3.86. The first-order valence-corrected chi connectivity index (χ1v) is 8.04. The number of hydrogen-bond donors (Lipinski definition) is 0. The van der Waals surface area contributed by atoms with Crippen molar-refractivity contribution in [2.75, 3.05) is 18.1 Å². The molecule has 112 valence electrons.